The second kappa shape index (κ2) is 4.08. The highest BCUT2D eigenvalue weighted by molar-refractivity contribution is 7.14. The molecular formula is C12H13N5S. The molecule has 2 aromatic heterocycles. The monoisotopic (exact) mass is 259 g/mol. The first kappa shape index (κ1) is 11.2. The van der Waals surface area contributed by atoms with Gasteiger partial charge in [-0.1, -0.05) is 6.07 Å². The van der Waals surface area contributed by atoms with Gasteiger partial charge >= 0.3 is 0 Å². The SMILES string of the molecule is Cc1nc2cc(-c3csc(NN)n3)ccc2n1C. The second-order valence-corrected chi connectivity index (χ2v) is 4.96. The van der Waals surface area contributed by atoms with Crippen molar-refractivity contribution in [2.45, 2.75) is 6.92 Å². The van der Waals surface area contributed by atoms with E-state index in [-0.39, 0.29) is 0 Å². The lowest BCUT2D eigenvalue weighted by Gasteiger charge is -1.98. The molecule has 0 aliphatic rings. The predicted molar refractivity (Wildman–Crippen MR) is 74.4 cm³/mol. The molecule has 2 heterocycles. The minimum Gasteiger partial charge on any atom is -0.331 e. The van der Waals surface area contributed by atoms with E-state index >= 15 is 0 Å². The zero-order valence-corrected chi connectivity index (χ0v) is 11.0. The smallest absolute Gasteiger partial charge is 0.197 e. The first-order valence-electron chi connectivity index (χ1n) is 5.54. The molecule has 0 bridgehead atoms. The Labute approximate surface area is 108 Å². The van der Waals surface area contributed by atoms with Crippen molar-refractivity contribution in [2.24, 2.45) is 12.9 Å². The van der Waals surface area contributed by atoms with Crippen molar-refractivity contribution in [3.63, 3.8) is 0 Å². The van der Waals surface area contributed by atoms with Crippen molar-refractivity contribution in [2.75, 3.05) is 5.43 Å². The van der Waals surface area contributed by atoms with Crippen molar-refractivity contribution in [1.82, 2.24) is 14.5 Å². The first-order chi connectivity index (χ1) is 8.69. The highest BCUT2D eigenvalue weighted by Gasteiger charge is 2.08. The van der Waals surface area contributed by atoms with E-state index in [9.17, 15) is 0 Å². The molecule has 0 atom stereocenters. The van der Waals surface area contributed by atoms with Gasteiger partial charge in [-0.25, -0.2) is 15.8 Å². The van der Waals surface area contributed by atoms with Gasteiger partial charge in [-0.2, -0.15) is 0 Å². The number of hydrogen-bond acceptors (Lipinski definition) is 5. The summed E-state index contributed by atoms with van der Waals surface area (Å²) in [5.41, 5.74) is 6.64. The molecule has 0 radical (unpaired) electrons. The number of aryl methyl sites for hydroxylation is 2. The van der Waals surface area contributed by atoms with Crippen molar-refractivity contribution < 1.29 is 0 Å². The molecule has 0 fully saturated rings. The van der Waals surface area contributed by atoms with Crippen LogP contribution in [-0.2, 0) is 7.05 Å². The van der Waals surface area contributed by atoms with Crippen LogP contribution in [0.2, 0.25) is 0 Å². The van der Waals surface area contributed by atoms with Crippen molar-refractivity contribution in [3.05, 3.63) is 29.4 Å². The van der Waals surface area contributed by atoms with Crippen LogP contribution >= 0.6 is 11.3 Å². The zero-order valence-electron chi connectivity index (χ0n) is 10.1. The number of benzene rings is 1. The number of imidazole rings is 1. The quantitative estimate of drug-likeness (QED) is 0.547. The number of nitrogens with zero attached hydrogens (tertiary/aromatic N) is 3. The van der Waals surface area contributed by atoms with Crippen LogP contribution in [0.3, 0.4) is 0 Å². The van der Waals surface area contributed by atoms with Gasteiger partial charge in [0.25, 0.3) is 0 Å². The third-order valence-electron chi connectivity index (χ3n) is 3.03. The Morgan fingerprint density at radius 2 is 2.17 bits per heavy atom. The maximum absolute atomic E-state index is 5.34. The zero-order chi connectivity index (χ0) is 12.7. The molecule has 0 saturated heterocycles. The number of thiazole rings is 1. The molecule has 0 aliphatic carbocycles. The van der Waals surface area contributed by atoms with Crippen LogP contribution in [0.15, 0.2) is 23.6 Å². The van der Waals surface area contributed by atoms with E-state index < -0.39 is 0 Å². The van der Waals surface area contributed by atoms with Crippen LogP contribution in [0.4, 0.5) is 5.13 Å². The molecule has 0 aliphatic heterocycles. The van der Waals surface area contributed by atoms with Gasteiger partial charge in [0.15, 0.2) is 5.13 Å². The summed E-state index contributed by atoms with van der Waals surface area (Å²) >= 11 is 1.49. The van der Waals surface area contributed by atoms with Gasteiger partial charge in [0, 0.05) is 18.0 Å². The lowest BCUT2D eigenvalue weighted by atomic mass is 10.1. The average Bonchev–Trinajstić information content (AvgIpc) is 2.95. The van der Waals surface area contributed by atoms with Crippen LogP contribution < -0.4 is 11.3 Å². The maximum atomic E-state index is 5.34. The molecule has 3 aromatic rings. The van der Waals surface area contributed by atoms with Crippen LogP contribution in [0.1, 0.15) is 5.82 Å². The molecule has 5 nitrogen and oxygen atoms in total. The molecule has 6 heteroatoms. The van der Waals surface area contributed by atoms with Gasteiger partial charge < -0.3 is 4.57 Å². The van der Waals surface area contributed by atoms with Gasteiger partial charge in [0.2, 0.25) is 0 Å². The summed E-state index contributed by atoms with van der Waals surface area (Å²) < 4.78 is 2.08. The third kappa shape index (κ3) is 1.66. The molecule has 0 saturated carbocycles. The van der Waals surface area contributed by atoms with Crippen LogP contribution in [0, 0.1) is 6.92 Å². The Balaban J connectivity index is 2.13. The number of fused-ring (bicyclic) bond motifs is 1. The lowest BCUT2D eigenvalue weighted by molar-refractivity contribution is 0.886. The minimum atomic E-state index is 0.710. The fourth-order valence-electron chi connectivity index (χ4n) is 1.95. The van der Waals surface area contributed by atoms with E-state index in [0.717, 1.165) is 28.1 Å². The Hall–Kier alpha value is -1.92. The molecule has 0 unspecified atom stereocenters. The Kier molecular flexibility index (Phi) is 2.53. The summed E-state index contributed by atoms with van der Waals surface area (Å²) in [5.74, 6) is 6.34. The fourth-order valence-corrected chi connectivity index (χ4v) is 2.58. The highest BCUT2D eigenvalue weighted by atomic mass is 32.1. The van der Waals surface area contributed by atoms with Crippen LogP contribution in [0.5, 0.6) is 0 Å². The number of hydrazine groups is 1. The normalized spacial score (nSPS) is 11.1. The Morgan fingerprint density at radius 1 is 1.33 bits per heavy atom. The summed E-state index contributed by atoms with van der Waals surface area (Å²) in [6, 6.07) is 6.18. The molecule has 0 spiro atoms. The standard InChI is InChI=1S/C12H13N5S/c1-7-14-9-5-8(3-4-11(9)17(7)2)10-6-18-12(15-10)16-13/h3-6H,13H2,1-2H3,(H,15,16). The second-order valence-electron chi connectivity index (χ2n) is 4.10. The summed E-state index contributed by atoms with van der Waals surface area (Å²) in [7, 11) is 2.02. The highest BCUT2D eigenvalue weighted by Crippen LogP contribution is 2.27. The van der Waals surface area contributed by atoms with Crippen molar-refractivity contribution in [3.8, 4) is 11.3 Å². The van der Waals surface area contributed by atoms with Crippen LogP contribution in [0.25, 0.3) is 22.3 Å². The summed E-state index contributed by atoms with van der Waals surface area (Å²) in [4.78, 5) is 8.91. The van der Waals surface area contributed by atoms with E-state index in [0.29, 0.717) is 5.13 Å². The summed E-state index contributed by atoms with van der Waals surface area (Å²) in [6.07, 6.45) is 0. The van der Waals surface area contributed by atoms with E-state index in [4.69, 9.17) is 5.84 Å². The van der Waals surface area contributed by atoms with Gasteiger partial charge in [0.1, 0.15) is 5.82 Å². The van der Waals surface area contributed by atoms with Gasteiger partial charge in [-0.15, -0.1) is 11.3 Å². The number of nitrogens with one attached hydrogen (secondary N) is 1. The van der Waals surface area contributed by atoms with Gasteiger partial charge in [-0.05, 0) is 19.1 Å². The van der Waals surface area contributed by atoms with Gasteiger partial charge in [0.05, 0.1) is 16.7 Å². The lowest BCUT2D eigenvalue weighted by Crippen LogP contribution is -2.05. The summed E-state index contributed by atoms with van der Waals surface area (Å²) in [6.45, 7) is 2.00. The van der Waals surface area contributed by atoms with Crippen LogP contribution in [-0.4, -0.2) is 14.5 Å². The minimum absolute atomic E-state index is 0.710. The fraction of sp³-hybridized carbons (Fsp3) is 0.167. The Morgan fingerprint density at radius 3 is 2.89 bits per heavy atom. The first-order valence-corrected chi connectivity index (χ1v) is 6.42. The third-order valence-corrected chi connectivity index (χ3v) is 3.80. The van der Waals surface area contributed by atoms with Crippen molar-refractivity contribution >= 4 is 27.5 Å². The molecule has 0 amide bonds. The largest absolute Gasteiger partial charge is 0.331 e. The van der Waals surface area contributed by atoms with Crippen molar-refractivity contribution in [1.29, 1.82) is 0 Å². The van der Waals surface area contributed by atoms with Gasteiger partial charge in [-0.3, -0.25) is 5.43 Å². The number of rotatable bonds is 2. The number of nitrogen functional groups attached to an aromatic ring is 1. The topological polar surface area (TPSA) is 68.8 Å². The van der Waals surface area contributed by atoms with E-state index in [2.05, 4.69) is 38.2 Å². The molecule has 92 valence electrons. The number of nitrogens with two attached hydrogens (primary N) is 1. The molecular weight excluding hydrogens is 246 g/mol. The average molecular weight is 259 g/mol. The number of anilines is 1. The number of aromatic nitrogens is 3. The molecule has 3 rings (SSSR count). The molecule has 1 aromatic carbocycles. The summed E-state index contributed by atoms with van der Waals surface area (Å²) in [5, 5.41) is 2.69. The van der Waals surface area contributed by atoms with E-state index in [1.165, 1.54) is 11.3 Å². The predicted octanol–water partition coefficient (Wildman–Crippen LogP) is 2.29. The maximum Gasteiger partial charge on any atom is 0.197 e. The Bertz CT molecular complexity index is 712. The van der Waals surface area contributed by atoms with E-state index in [1.807, 2.05) is 19.4 Å². The number of hydrogen-bond donors (Lipinski definition) is 2. The molecule has 18 heavy (non-hydrogen) atoms. The van der Waals surface area contributed by atoms with E-state index in [1.54, 1.807) is 0 Å². The molecule has 3 N–H and O–H groups in total.